The molecule has 0 spiro atoms. The molecule has 66 valence electrons. The zero-order valence-electron chi connectivity index (χ0n) is 7.23. The van der Waals surface area contributed by atoms with Gasteiger partial charge in [-0.2, -0.15) is 0 Å². The van der Waals surface area contributed by atoms with E-state index in [9.17, 15) is 0 Å². The molecular formula is C8H16FeNP. The summed E-state index contributed by atoms with van der Waals surface area (Å²) >= 11 is 3.86. The van der Waals surface area contributed by atoms with Crippen LogP contribution >= 0.6 is 6.98 Å². The van der Waals surface area contributed by atoms with Crippen LogP contribution in [-0.2, 0) is 15.1 Å². The predicted molar refractivity (Wildman–Crippen MR) is 48.2 cm³/mol. The van der Waals surface area contributed by atoms with Gasteiger partial charge in [-0.3, -0.25) is 0 Å². The molecule has 0 heterocycles. The van der Waals surface area contributed by atoms with Crippen molar-refractivity contribution in [2.45, 2.75) is 32.7 Å². The van der Waals surface area contributed by atoms with Gasteiger partial charge < -0.3 is 0 Å². The molecule has 0 saturated carbocycles. The Morgan fingerprint density at radius 3 is 2.64 bits per heavy atom. The van der Waals surface area contributed by atoms with E-state index in [-0.39, 0.29) is 0 Å². The number of hydrogen-bond acceptors (Lipinski definition) is 1. The number of unbranched alkanes of at least 4 members (excludes halogenated alkanes) is 1. The molecule has 0 aromatic heterocycles. The summed E-state index contributed by atoms with van der Waals surface area (Å²) in [7, 11) is 0. The van der Waals surface area contributed by atoms with Gasteiger partial charge in [-0.15, -0.1) is 0 Å². The molecular weight excluding hydrogens is 197 g/mol. The SMILES string of the molecule is C=CCCCN([P]=[Fe])C(C)C. The van der Waals surface area contributed by atoms with Crippen LogP contribution in [0, 0.1) is 0 Å². The van der Waals surface area contributed by atoms with Crippen molar-refractivity contribution >= 4 is 6.98 Å². The molecule has 0 radical (unpaired) electrons. The van der Waals surface area contributed by atoms with E-state index in [4.69, 9.17) is 0 Å². The second kappa shape index (κ2) is 7.18. The molecule has 0 N–H and O–H groups in total. The second-order valence-electron chi connectivity index (χ2n) is 2.76. The Morgan fingerprint density at radius 2 is 2.27 bits per heavy atom. The van der Waals surface area contributed by atoms with Crippen molar-refractivity contribution in [2.24, 2.45) is 0 Å². The van der Waals surface area contributed by atoms with Crippen molar-refractivity contribution < 1.29 is 15.1 Å². The predicted octanol–water partition coefficient (Wildman–Crippen LogP) is 2.99. The molecule has 0 aliphatic heterocycles. The first-order valence-electron chi connectivity index (χ1n) is 3.90. The van der Waals surface area contributed by atoms with Crippen molar-refractivity contribution in [1.29, 1.82) is 0 Å². The summed E-state index contributed by atoms with van der Waals surface area (Å²) < 4.78 is 2.34. The first-order chi connectivity index (χ1) is 5.22. The van der Waals surface area contributed by atoms with Gasteiger partial charge in [-0.25, -0.2) is 0 Å². The molecule has 0 bridgehead atoms. The maximum absolute atomic E-state index is 3.86. The van der Waals surface area contributed by atoms with Crippen LogP contribution in [0.2, 0.25) is 0 Å². The van der Waals surface area contributed by atoms with Crippen LogP contribution < -0.4 is 0 Å². The van der Waals surface area contributed by atoms with E-state index in [1.165, 1.54) is 6.42 Å². The van der Waals surface area contributed by atoms with Crippen LogP contribution in [-0.4, -0.2) is 17.3 Å². The van der Waals surface area contributed by atoms with Crippen molar-refractivity contribution in [3.8, 4) is 0 Å². The Kier molecular flexibility index (Phi) is 7.52. The van der Waals surface area contributed by atoms with E-state index in [1.807, 2.05) is 6.08 Å². The third-order valence-corrected chi connectivity index (χ3v) is 3.18. The van der Waals surface area contributed by atoms with Gasteiger partial charge in [0.1, 0.15) is 0 Å². The van der Waals surface area contributed by atoms with E-state index in [0.29, 0.717) is 6.04 Å². The van der Waals surface area contributed by atoms with E-state index >= 15 is 0 Å². The normalized spacial score (nSPS) is 11.4. The Bertz CT molecular complexity index is 125. The van der Waals surface area contributed by atoms with Crippen molar-refractivity contribution in [3.63, 3.8) is 0 Å². The van der Waals surface area contributed by atoms with Gasteiger partial charge in [0.05, 0.1) is 0 Å². The van der Waals surface area contributed by atoms with E-state index < -0.39 is 0 Å². The van der Waals surface area contributed by atoms with Gasteiger partial charge in [0.2, 0.25) is 0 Å². The topological polar surface area (TPSA) is 3.24 Å². The monoisotopic (exact) mass is 213 g/mol. The maximum atomic E-state index is 3.86. The molecule has 3 heteroatoms. The zero-order valence-corrected chi connectivity index (χ0v) is 9.23. The van der Waals surface area contributed by atoms with Gasteiger partial charge in [0.25, 0.3) is 0 Å². The van der Waals surface area contributed by atoms with Gasteiger partial charge in [-0.1, -0.05) is 0 Å². The van der Waals surface area contributed by atoms with Crippen LogP contribution in [0.4, 0.5) is 0 Å². The molecule has 0 saturated heterocycles. The Labute approximate surface area is 79.0 Å². The molecule has 11 heavy (non-hydrogen) atoms. The fourth-order valence-electron chi connectivity index (χ4n) is 0.773. The minimum atomic E-state index is 0.610. The van der Waals surface area contributed by atoms with E-state index in [0.717, 1.165) is 19.9 Å². The Hall–Kier alpha value is 0.519. The first kappa shape index (κ1) is 11.5. The summed E-state index contributed by atoms with van der Waals surface area (Å²) in [5, 5.41) is 0. The molecule has 1 nitrogen and oxygen atoms in total. The fraction of sp³-hybridized carbons (Fsp3) is 0.750. The molecule has 0 amide bonds. The number of hydrogen-bond donors (Lipinski definition) is 0. The molecule has 0 atom stereocenters. The summed E-state index contributed by atoms with van der Waals surface area (Å²) in [5.74, 6) is 0. The van der Waals surface area contributed by atoms with Crippen molar-refractivity contribution in [3.05, 3.63) is 12.7 Å². The molecule has 0 aromatic rings. The summed E-state index contributed by atoms with van der Waals surface area (Å²) in [4.78, 5) is 0. The average Bonchev–Trinajstić information content (AvgIpc) is 1.97. The summed E-state index contributed by atoms with van der Waals surface area (Å²) in [6.07, 6.45) is 4.28. The first-order valence-corrected chi connectivity index (χ1v) is 6.10. The number of nitrogens with zero attached hydrogens (tertiary/aromatic N) is 1. The van der Waals surface area contributed by atoms with Gasteiger partial charge >= 0.3 is 78.7 Å². The third kappa shape index (κ3) is 5.75. The standard InChI is InChI=1S/C8H16NP.Fe/c1-4-5-6-7-9(10)8(2)3;/h4,8H,1,5-7H2,2-3H3;. The summed E-state index contributed by atoms with van der Waals surface area (Å²) in [5.41, 5.74) is 0. The van der Waals surface area contributed by atoms with E-state index in [1.54, 1.807) is 0 Å². The van der Waals surface area contributed by atoms with Crippen molar-refractivity contribution in [2.75, 3.05) is 6.54 Å². The Balaban J connectivity index is 3.51. The molecule has 0 aliphatic carbocycles. The van der Waals surface area contributed by atoms with Gasteiger partial charge in [0, 0.05) is 0 Å². The van der Waals surface area contributed by atoms with Gasteiger partial charge in [0.15, 0.2) is 0 Å². The molecule has 0 aliphatic rings. The molecule has 0 fully saturated rings. The fourth-order valence-corrected chi connectivity index (χ4v) is 2.24. The molecule has 0 unspecified atom stereocenters. The van der Waals surface area contributed by atoms with E-state index in [2.05, 4.69) is 40.2 Å². The van der Waals surface area contributed by atoms with Crippen LogP contribution in [0.5, 0.6) is 0 Å². The van der Waals surface area contributed by atoms with Crippen LogP contribution in [0.25, 0.3) is 0 Å². The second-order valence-corrected chi connectivity index (χ2v) is 4.08. The number of rotatable bonds is 6. The number of allylic oxidation sites excluding steroid dienone is 1. The van der Waals surface area contributed by atoms with Crippen LogP contribution in [0.15, 0.2) is 12.7 Å². The summed E-state index contributed by atoms with van der Waals surface area (Å²) in [6, 6.07) is 0.610. The summed E-state index contributed by atoms with van der Waals surface area (Å²) in [6.45, 7) is 10.4. The van der Waals surface area contributed by atoms with Gasteiger partial charge in [-0.05, 0) is 0 Å². The molecule has 0 aromatic carbocycles. The molecule has 0 rings (SSSR count). The van der Waals surface area contributed by atoms with Crippen LogP contribution in [0.3, 0.4) is 0 Å². The zero-order chi connectivity index (χ0) is 8.69. The van der Waals surface area contributed by atoms with Crippen molar-refractivity contribution in [1.82, 2.24) is 4.67 Å². The average molecular weight is 213 g/mol. The van der Waals surface area contributed by atoms with Crippen LogP contribution in [0.1, 0.15) is 26.7 Å². The quantitative estimate of drug-likeness (QED) is 0.283. The third-order valence-electron chi connectivity index (χ3n) is 1.48. The minimum absolute atomic E-state index is 0.610. The Morgan fingerprint density at radius 1 is 1.64 bits per heavy atom.